The van der Waals surface area contributed by atoms with E-state index < -0.39 is 0 Å². The van der Waals surface area contributed by atoms with Gasteiger partial charge >= 0.3 is 0 Å². The molecule has 4 heteroatoms. The van der Waals surface area contributed by atoms with Crippen molar-refractivity contribution in [2.75, 3.05) is 12.3 Å². The number of terminal acetylenes is 1. The van der Waals surface area contributed by atoms with Gasteiger partial charge in [0.15, 0.2) is 0 Å². The number of nitrogens with two attached hydrogens (primary N) is 1. The fourth-order valence-electron chi connectivity index (χ4n) is 2.51. The maximum Gasteiger partial charge on any atom is 0.119 e. The van der Waals surface area contributed by atoms with Crippen LogP contribution in [-0.4, -0.2) is 12.3 Å². The predicted molar refractivity (Wildman–Crippen MR) is 93.5 cm³/mol. The average molecular weight is 307 g/mol. The van der Waals surface area contributed by atoms with Gasteiger partial charge in [0.1, 0.15) is 5.75 Å². The lowest BCUT2D eigenvalue weighted by molar-refractivity contribution is 0.284. The summed E-state index contributed by atoms with van der Waals surface area (Å²) in [7, 11) is 0. The number of anilines is 1. The van der Waals surface area contributed by atoms with Crippen LogP contribution in [0.4, 0.5) is 5.69 Å². The standard InChI is InChI=1S/C19H21N3O/c1-2-3-12-19(21-22-19)13-14-23-18-10-6-16(7-11-18)15-4-8-17(20)9-5-15/h1,4-11,21-22H,3,12-14,20H2. The molecule has 118 valence electrons. The third kappa shape index (κ3) is 4.04. The van der Waals surface area contributed by atoms with Gasteiger partial charge in [0.2, 0.25) is 0 Å². The highest BCUT2D eigenvalue weighted by Crippen LogP contribution is 2.25. The van der Waals surface area contributed by atoms with Crippen molar-refractivity contribution in [1.82, 2.24) is 10.9 Å². The quantitative estimate of drug-likeness (QED) is 0.417. The first-order valence-electron chi connectivity index (χ1n) is 7.77. The fourth-order valence-corrected chi connectivity index (χ4v) is 2.51. The summed E-state index contributed by atoms with van der Waals surface area (Å²) in [6, 6.07) is 16.0. The minimum absolute atomic E-state index is 0.0315. The Kier molecular flexibility index (Phi) is 4.52. The number of rotatable bonds is 7. The molecule has 0 amide bonds. The molecule has 4 nitrogen and oxygen atoms in total. The van der Waals surface area contributed by atoms with Crippen LogP contribution in [0.2, 0.25) is 0 Å². The van der Waals surface area contributed by atoms with Crippen molar-refractivity contribution in [3.8, 4) is 29.2 Å². The third-order valence-corrected chi connectivity index (χ3v) is 4.07. The maximum atomic E-state index is 5.82. The molecule has 0 spiro atoms. The first-order valence-corrected chi connectivity index (χ1v) is 7.77. The lowest BCUT2D eigenvalue weighted by atomic mass is 10.1. The number of hydrazine groups is 1. The van der Waals surface area contributed by atoms with Crippen molar-refractivity contribution < 1.29 is 4.74 Å². The van der Waals surface area contributed by atoms with Crippen molar-refractivity contribution in [2.45, 2.75) is 24.9 Å². The Hall–Kier alpha value is -2.48. The van der Waals surface area contributed by atoms with E-state index >= 15 is 0 Å². The summed E-state index contributed by atoms with van der Waals surface area (Å²) < 4.78 is 5.82. The predicted octanol–water partition coefficient (Wildman–Crippen LogP) is 2.92. The Bertz CT molecular complexity index is 682. The van der Waals surface area contributed by atoms with Crippen molar-refractivity contribution in [1.29, 1.82) is 0 Å². The monoisotopic (exact) mass is 307 g/mol. The van der Waals surface area contributed by atoms with Gasteiger partial charge in [-0.25, -0.2) is 10.9 Å². The van der Waals surface area contributed by atoms with Gasteiger partial charge < -0.3 is 10.5 Å². The smallest absolute Gasteiger partial charge is 0.119 e. The van der Waals surface area contributed by atoms with Crippen LogP contribution in [0, 0.1) is 12.3 Å². The molecule has 2 aromatic rings. The molecule has 0 radical (unpaired) electrons. The molecule has 0 atom stereocenters. The molecule has 1 heterocycles. The maximum absolute atomic E-state index is 5.82. The van der Waals surface area contributed by atoms with E-state index in [0.29, 0.717) is 6.61 Å². The third-order valence-electron chi connectivity index (χ3n) is 4.07. The molecule has 0 bridgehead atoms. The Labute approximate surface area is 137 Å². The summed E-state index contributed by atoms with van der Waals surface area (Å²) in [6.45, 7) is 0.645. The summed E-state index contributed by atoms with van der Waals surface area (Å²) in [6.07, 6.45) is 7.87. The number of hydrogen-bond donors (Lipinski definition) is 3. The average Bonchev–Trinajstić information content (AvgIpc) is 3.35. The summed E-state index contributed by atoms with van der Waals surface area (Å²) >= 11 is 0. The van der Waals surface area contributed by atoms with Gasteiger partial charge in [-0.05, 0) is 41.8 Å². The highest BCUT2D eigenvalue weighted by molar-refractivity contribution is 5.66. The summed E-state index contributed by atoms with van der Waals surface area (Å²) in [5.74, 6) is 3.54. The van der Waals surface area contributed by atoms with Gasteiger partial charge in [0.05, 0.1) is 12.3 Å². The molecular formula is C19H21N3O. The summed E-state index contributed by atoms with van der Waals surface area (Å²) in [5.41, 5.74) is 15.1. The summed E-state index contributed by atoms with van der Waals surface area (Å²) in [4.78, 5) is 0. The van der Waals surface area contributed by atoms with Crippen LogP contribution in [0.15, 0.2) is 48.5 Å². The second kappa shape index (κ2) is 6.74. The SMILES string of the molecule is C#CCCC1(CCOc2ccc(-c3ccc(N)cc3)cc2)NN1. The van der Waals surface area contributed by atoms with Crippen molar-refractivity contribution in [3.63, 3.8) is 0 Å². The molecule has 1 aliphatic heterocycles. The highest BCUT2D eigenvalue weighted by atomic mass is 16.5. The van der Waals surface area contributed by atoms with E-state index in [1.165, 1.54) is 0 Å². The minimum atomic E-state index is -0.0315. The number of nitrogen functional groups attached to an aromatic ring is 1. The zero-order valence-corrected chi connectivity index (χ0v) is 13.0. The van der Waals surface area contributed by atoms with Gasteiger partial charge in [0.25, 0.3) is 0 Å². The number of hydrogen-bond acceptors (Lipinski definition) is 4. The van der Waals surface area contributed by atoms with E-state index in [4.69, 9.17) is 16.9 Å². The van der Waals surface area contributed by atoms with Gasteiger partial charge in [-0.15, -0.1) is 12.3 Å². The Morgan fingerprint density at radius 3 is 2.13 bits per heavy atom. The lowest BCUT2D eigenvalue weighted by Crippen LogP contribution is -2.21. The normalized spacial score (nSPS) is 14.9. The van der Waals surface area contributed by atoms with E-state index in [0.717, 1.165) is 41.8 Å². The van der Waals surface area contributed by atoms with Crippen LogP contribution >= 0.6 is 0 Å². The van der Waals surface area contributed by atoms with Crippen LogP contribution < -0.4 is 21.3 Å². The van der Waals surface area contributed by atoms with Crippen LogP contribution in [-0.2, 0) is 0 Å². The Morgan fingerprint density at radius 2 is 1.57 bits per heavy atom. The summed E-state index contributed by atoms with van der Waals surface area (Å²) in [5, 5.41) is 0. The zero-order chi connectivity index (χ0) is 16.1. The molecule has 0 unspecified atom stereocenters. The molecule has 3 rings (SSSR count). The fraction of sp³-hybridized carbons (Fsp3) is 0.263. The lowest BCUT2D eigenvalue weighted by Gasteiger charge is -2.12. The molecular weight excluding hydrogens is 286 g/mol. The highest BCUT2D eigenvalue weighted by Gasteiger charge is 2.40. The largest absolute Gasteiger partial charge is 0.493 e. The topological polar surface area (TPSA) is 79.1 Å². The molecule has 1 fully saturated rings. The molecule has 23 heavy (non-hydrogen) atoms. The molecule has 4 N–H and O–H groups in total. The van der Waals surface area contributed by atoms with Crippen LogP contribution in [0.5, 0.6) is 5.75 Å². The first-order chi connectivity index (χ1) is 11.2. The van der Waals surface area contributed by atoms with Gasteiger partial charge in [-0.2, -0.15) is 0 Å². The second-order valence-corrected chi connectivity index (χ2v) is 5.78. The molecule has 2 aromatic carbocycles. The molecule has 0 aliphatic carbocycles. The molecule has 1 aliphatic rings. The minimum Gasteiger partial charge on any atom is -0.493 e. The molecule has 0 saturated carbocycles. The van der Waals surface area contributed by atoms with Crippen molar-refractivity contribution in [2.24, 2.45) is 0 Å². The molecule has 1 saturated heterocycles. The Balaban J connectivity index is 1.52. The first kappa shape index (κ1) is 15.4. The second-order valence-electron chi connectivity index (χ2n) is 5.78. The van der Waals surface area contributed by atoms with E-state index in [2.05, 4.69) is 28.9 Å². The number of ether oxygens (including phenoxy) is 1. The van der Waals surface area contributed by atoms with Crippen molar-refractivity contribution >= 4 is 5.69 Å². The van der Waals surface area contributed by atoms with E-state index in [-0.39, 0.29) is 5.66 Å². The van der Waals surface area contributed by atoms with E-state index in [1.54, 1.807) is 0 Å². The van der Waals surface area contributed by atoms with Crippen LogP contribution in [0.25, 0.3) is 11.1 Å². The van der Waals surface area contributed by atoms with E-state index in [9.17, 15) is 0 Å². The van der Waals surface area contributed by atoms with Gasteiger partial charge in [-0.3, -0.25) is 0 Å². The van der Waals surface area contributed by atoms with Crippen molar-refractivity contribution in [3.05, 3.63) is 48.5 Å². The van der Waals surface area contributed by atoms with E-state index in [1.807, 2.05) is 36.4 Å². The van der Waals surface area contributed by atoms with Gasteiger partial charge in [0, 0.05) is 18.5 Å². The Morgan fingerprint density at radius 1 is 0.957 bits per heavy atom. The van der Waals surface area contributed by atoms with Crippen LogP contribution in [0.3, 0.4) is 0 Å². The van der Waals surface area contributed by atoms with Gasteiger partial charge in [-0.1, -0.05) is 24.3 Å². The number of benzene rings is 2. The zero-order valence-electron chi connectivity index (χ0n) is 13.0. The molecule has 0 aromatic heterocycles. The van der Waals surface area contributed by atoms with Crippen LogP contribution in [0.1, 0.15) is 19.3 Å². The number of nitrogens with one attached hydrogen (secondary N) is 2.